The maximum absolute atomic E-state index is 10.9. The summed E-state index contributed by atoms with van der Waals surface area (Å²) in [4.78, 5) is 0. The van der Waals surface area contributed by atoms with E-state index < -0.39 is 23.9 Å². The molecular formula is C29H34O7. The van der Waals surface area contributed by atoms with Gasteiger partial charge < -0.3 is 33.5 Å². The van der Waals surface area contributed by atoms with Crippen LogP contribution in [0.4, 0.5) is 0 Å². The van der Waals surface area contributed by atoms with E-state index in [4.69, 9.17) is 28.4 Å². The Morgan fingerprint density at radius 3 is 1.86 bits per heavy atom. The van der Waals surface area contributed by atoms with Gasteiger partial charge in [-0.15, -0.1) is 0 Å². The largest absolute Gasteiger partial charge is 0.497 e. The standard InChI is InChI=1S/C29H34O7/c1-31-17-18-34-26-19-35-27(28(26)30)20-36-29(21-7-5-4-6-8-21,22-9-13-24(32-2)14-10-22)23-11-15-25(33-3)16-12-23/h4-16,26-28,30H,17-20H2,1-3H3/t26?,27-,28?/m1/s1. The number of benzene rings is 3. The first-order valence-electron chi connectivity index (χ1n) is 12.0. The second-order valence-electron chi connectivity index (χ2n) is 8.58. The zero-order chi connectivity index (χ0) is 25.4. The van der Waals surface area contributed by atoms with Crippen molar-refractivity contribution in [1.82, 2.24) is 0 Å². The SMILES string of the molecule is COCCOC1CO[C@H](COC(c2ccccc2)(c2ccc(OC)cc2)c2ccc(OC)cc2)C1O. The van der Waals surface area contributed by atoms with Crippen molar-refractivity contribution in [2.24, 2.45) is 0 Å². The summed E-state index contributed by atoms with van der Waals surface area (Å²) in [7, 11) is 4.90. The maximum atomic E-state index is 10.9. The Balaban J connectivity index is 1.71. The van der Waals surface area contributed by atoms with Gasteiger partial charge in [0.25, 0.3) is 0 Å². The molecule has 3 atom stereocenters. The Labute approximate surface area is 212 Å². The smallest absolute Gasteiger partial charge is 0.143 e. The Hall–Kier alpha value is -2.94. The molecule has 0 spiro atoms. The summed E-state index contributed by atoms with van der Waals surface area (Å²) in [6, 6.07) is 25.7. The van der Waals surface area contributed by atoms with Crippen LogP contribution >= 0.6 is 0 Å². The molecule has 0 aliphatic carbocycles. The molecule has 4 rings (SSSR count). The van der Waals surface area contributed by atoms with Gasteiger partial charge in [-0.25, -0.2) is 0 Å². The molecule has 0 bridgehead atoms. The molecule has 7 nitrogen and oxygen atoms in total. The van der Waals surface area contributed by atoms with Crippen LogP contribution < -0.4 is 9.47 Å². The van der Waals surface area contributed by atoms with Crippen LogP contribution in [0.25, 0.3) is 0 Å². The van der Waals surface area contributed by atoms with Crippen LogP contribution in [0.5, 0.6) is 11.5 Å². The number of ether oxygens (including phenoxy) is 6. The van der Waals surface area contributed by atoms with E-state index in [0.29, 0.717) is 19.8 Å². The Bertz CT molecular complexity index is 1010. The van der Waals surface area contributed by atoms with Gasteiger partial charge in [-0.05, 0) is 41.0 Å². The Morgan fingerprint density at radius 2 is 1.33 bits per heavy atom. The van der Waals surface area contributed by atoms with Gasteiger partial charge in [0.1, 0.15) is 35.4 Å². The van der Waals surface area contributed by atoms with Gasteiger partial charge in [-0.1, -0.05) is 54.6 Å². The highest BCUT2D eigenvalue weighted by atomic mass is 16.6. The fraction of sp³-hybridized carbons (Fsp3) is 0.379. The van der Waals surface area contributed by atoms with Gasteiger partial charge in [0, 0.05) is 7.11 Å². The van der Waals surface area contributed by atoms with Gasteiger partial charge in [0.15, 0.2) is 0 Å². The number of aliphatic hydroxyl groups excluding tert-OH is 1. The second-order valence-corrected chi connectivity index (χ2v) is 8.58. The number of rotatable bonds is 12. The quantitative estimate of drug-likeness (QED) is 0.303. The highest BCUT2D eigenvalue weighted by Gasteiger charge is 2.42. The third-order valence-corrected chi connectivity index (χ3v) is 6.49. The van der Waals surface area contributed by atoms with Gasteiger partial charge in [0.05, 0.1) is 40.6 Å². The van der Waals surface area contributed by atoms with Crippen LogP contribution in [0.2, 0.25) is 0 Å². The lowest BCUT2D eigenvalue weighted by atomic mass is 9.80. The van der Waals surface area contributed by atoms with Crippen molar-refractivity contribution in [1.29, 1.82) is 0 Å². The molecule has 1 aliphatic heterocycles. The first-order chi connectivity index (χ1) is 17.6. The highest BCUT2D eigenvalue weighted by molar-refractivity contribution is 5.49. The summed E-state index contributed by atoms with van der Waals surface area (Å²) in [6.45, 7) is 1.29. The van der Waals surface area contributed by atoms with Gasteiger partial charge in [-0.3, -0.25) is 0 Å². The van der Waals surface area contributed by atoms with Crippen LogP contribution in [0.15, 0.2) is 78.9 Å². The number of aliphatic hydroxyl groups is 1. The molecule has 0 saturated carbocycles. The average Bonchev–Trinajstić information content (AvgIpc) is 3.29. The molecule has 1 aliphatic rings. The van der Waals surface area contributed by atoms with Crippen LogP contribution in [0, 0.1) is 0 Å². The normalized spacial score (nSPS) is 19.8. The number of hydrogen-bond donors (Lipinski definition) is 1. The van der Waals surface area contributed by atoms with E-state index in [2.05, 4.69) is 0 Å². The summed E-state index contributed by atoms with van der Waals surface area (Å²) in [6.07, 6.45) is -1.79. The maximum Gasteiger partial charge on any atom is 0.143 e. The van der Waals surface area contributed by atoms with Crippen molar-refractivity contribution in [3.8, 4) is 11.5 Å². The third-order valence-electron chi connectivity index (χ3n) is 6.49. The molecule has 36 heavy (non-hydrogen) atoms. The van der Waals surface area contributed by atoms with Crippen molar-refractivity contribution in [2.75, 3.05) is 47.8 Å². The highest BCUT2D eigenvalue weighted by Crippen LogP contribution is 2.42. The molecule has 1 saturated heterocycles. The van der Waals surface area contributed by atoms with Crippen molar-refractivity contribution >= 4 is 0 Å². The van der Waals surface area contributed by atoms with Crippen LogP contribution in [0.3, 0.4) is 0 Å². The Morgan fingerprint density at radius 1 is 0.778 bits per heavy atom. The molecule has 7 heteroatoms. The van der Waals surface area contributed by atoms with Crippen molar-refractivity contribution in [3.63, 3.8) is 0 Å². The molecule has 1 N–H and O–H groups in total. The summed E-state index contributed by atoms with van der Waals surface area (Å²) in [5.74, 6) is 1.50. The fourth-order valence-electron chi connectivity index (χ4n) is 4.51. The minimum Gasteiger partial charge on any atom is -0.497 e. The average molecular weight is 495 g/mol. The predicted octanol–water partition coefficient (Wildman–Crippen LogP) is 3.80. The lowest BCUT2D eigenvalue weighted by Gasteiger charge is -2.37. The molecular weight excluding hydrogens is 460 g/mol. The van der Waals surface area contributed by atoms with E-state index in [1.54, 1.807) is 21.3 Å². The van der Waals surface area contributed by atoms with Crippen molar-refractivity contribution in [3.05, 3.63) is 95.6 Å². The fourth-order valence-corrected chi connectivity index (χ4v) is 4.51. The molecule has 0 radical (unpaired) electrons. The number of hydrogen-bond acceptors (Lipinski definition) is 7. The minimum absolute atomic E-state index is 0.151. The van der Waals surface area contributed by atoms with Crippen LogP contribution in [-0.4, -0.2) is 71.2 Å². The predicted molar refractivity (Wildman–Crippen MR) is 136 cm³/mol. The van der Waals surface area contributed by atoms with E-state index in [-0.39, 0.29) is 6.61 Å². The second kappa shape index (κ2) is 12.3. The van der Waals surface area contributed by atoms with E-state index in [1.165, 1.54) is 0 Å². The zero-order valence-corrected chi connectivity index (χ0v) is 21.0. The van der Waals surface area contributed by atoms with Gasteiger partial charge in [-0.2, -0.15) is 0 Å². The molecule has 0 amide bonds. The van der Waals surface area contributed by atoms with E-state index in [0.717, 1.165) is 28.2 Å². The molecule has 1 fully saturated rings. The molecule has 0 aromatic heterocycles. The molecule has 2 unspecified atom stereocenters. The Kier molecular flexibility index (Phi) is 8.96. The van der Waals surface area contributed by atoms with E-state index in [1.807, 2.05) is 78.9 Å². The zero-order valence-electron chi connectivity index (χ0n) is 21.0. The summed E-state index contributed by atoms with van der Waals surface area (Å²) in [5.41, 5.74) is 1.80. The van der Waals surface area contributed by atoms with E-state index in [9.17, 15) is 5.11 Å². The molecule has 3 aromatic carbocycles. The minimum atomic E-state index is -0.974. The lowest BCUT2D eigenvalue weighted by Crippen LogP contribution is -2.40. The van der Waals surface area contributed by atoms with Crippen LogP contribution in [0.1, 0.15) is 16.7 Å². The summed E-state index contributed by atoms with van der Waals surface area (Å²) in [5, 5.41) is 10.9. The monoisotopic (exact) mass is 494 g/mol. The van der Waals surface area contributed by atoms with Gasteiger partial charge >= 0.3 is 0 Å². The topological polar surface area (TPSA) is 75.6 Å². The molecule has 192 valence electrons. The number of methoxy groups -OCH3 is 3. The van der Waals surface area contributed by atoms with E-state index >= 15 is 0 Å². The first kappa shape index (κ1) is 26.1. The van der Waals surface area contributed by atoms with Crippen molar-refractivity contribution in [2.45, 2.75) is 23.9 Å². The van der Waals surface area contributed by atoms with Crippen molar-refractivity contribution < 1.29 is 33.5 Å². The van der Waals surface area contributed by atoms with Gasteiger partial charge in [0.2, 0.25) is 0 Å². The third kappa shape index (κ3) is 5.56. The molecule has 3 aromatic rings. The first-order valence-corrected chi connectivity index (χ1v) is 12.0. The summed E-state index contributed by atoms with van der Waals surface area (Å²) < 4.78 is 34.3. The lowest BCUT2D eigenvalue weighted by molar-refractivity contribution is -0.0770. The summed E-state index contributed by atoms with van der Waals surface area (Å²) >= 11 is 0. The molecule has 1 heterocycles. The van der Waals surface area contributed by atoms with Crippen LogP contribution in [-0.2, 0) is 24.5 Å².